The van der Waals surface area contributed by atoms with Crippen LogP contribution in [-0.2, 0) is 9.53 Å². The number of esters is 1. The number of pyridine rings is 1. The molecule has 2 heterocycles. The summed E-state index contributed by atoms with van der Waals surface area (Å²) < 4.78 is 18.4. The van der Waals surface area contributed by atoms with Crippen LogP contribution >= 0.6 is 0 Å². The molecule has 148 valence electrons. The quantitative estimate of drug-likeness (QED) is 0.620. The number of aromatic amines is 1. The van der Waals surface area contributed by atoms with Crippen molar-refractivity contribution < 1.29 is 18.7 Å². The highest BCUT2D eigenvalue weighted by Gasteiger charge is 2.30. The summed E-state index contributed by atoms with van der Waals surface area (Å²) in [4.78, 5) is 35.8. The molecule has 3 aromatic rings. The molecular formula is C21H19FN4O3. The highest BCUT2D eigenvalue weighted by molar-refractivity contribution is 5.94. The molecule has 1 aromatic carbocycles. The largest absolute Gasteiger partial charge is 0.460 e. The fourth-order valence-corrected chi connectivity index (χ4v) is 2.92. The molecule has 4 rings (SSSR count). The Hall–Kier alpha value is -3.55. The topological polar surface area (TPSA) is 97.0 Å². The zero-order chi connectivity index (χ0) is 20.4. The van der Waals surface area contributed by atoms with E-state index in [0.29, 0.717) is 28.3 Å². The van der Waals surface area contributed by atoms with Crippen LogP contribution in [0.4, 0.5) is 10.2 Å². The zero-order valence-corrected chi connectivity index (χ0v) is 15.7. The number of amides is 1. The molecule has 29 heavy (non-hydrogen) atoms. The van der Waals surface area contributed by atoms with E-state index < -0.39 is 5.97 Å². The Balaban J connectivity index is 1.74. The molecule has 1 fully saturated rings. The standard InChI is InChI=1S/C21H19FN4O3/c1-2-29-21(28)19-25-17(12-5-7-15(22)8-6-12)18(26-19)14-9-10-23-16(11-14)24-20(27)13-3-4-13/h5-11,13H,2-4H2,1H3,(H,25,26)(H,23,24,27). The van der Waals surface area contributed by atoms with Gasteiger partial charge in [-0.05, 0) is 56.2 Å². The first-order valence-corrected chi connectivity index (χ1v) is 9.35. The number of nitrogens with one attached hydrogen (secondary N) is 2. The van der Waals surface area contributed by atoms with Gasteiger partial charge in [-0.3, -0.25) is 4.79 Å². The normalized spacial score (nSPS) is 13.2. The zero-order valence-electron chi connectivity index (χ0n) is 15.7. The fraction of sp³-hybridized carbons (Fsp3) is 0.238. The van der Waals surface area contributed by atoms with E-state index in [9.17, 15) is 14.0 Å². The van der Waals surface area contributed by atoms with Crippen LogP contribution in [0.3, 0.4) is 0 Å². The van der Waals surface area contributed by atoms with Gasteiger partial charge in [-0.15, -0.1) is 0 Å². The lowest BCUT2D eigenvalue weighted by Crippen LogP contribution is -2.14. The Morgan fingerprint density at radius 2 is 1.97 bits per heavy atom. The van der Waals surface area contributed by atoms with E-state index in [0.717, 1.165) is 12.8 Å². The third kappa shape index (κ3) is 4.16. The molecule has 2 N–H and O–H groups in total. The highest BCUT2D eigenvalue weighted by Crippen LogP contribution is 2.33. The number of hydrogen-bond donors (Lipinski definition) is 2. The maximum Gasteiger partial charge on any atom is 0.374 e. The molecular weight excluding hydrogens is 375 g/mol. The number of H-pyrrole nitrogens is 1. The fourth-order valence-electron chi connectivity index (χ4n) is 2.92. The number of nitrogens with zero attached hydrogens (tertiary/aromatic N) is 2. The van der Waals surface area contributed by atoms with Gasteiger partial charge in [0.05, 0.1) is 18.0 Å². The van der Waals surface area contributed by atoms with E-state index >= 15 is 0 Å². The third-order valence-electron chi connectivity index (χ3n) is 4.54. The molecule has 1 amide bonds. The Morgan fingerprint density at radius 3 is 2.66 bits per heavy atom. The molecule has 0 saturated heterocycles. The molecule has 0 bridgehead atoms. The molecule has 1 aliphatic carbocycles. The number of benzene rings is 1. The van der Waals surface area contributed by atoms with Crippen LogP contribution in [0, 0.1) is 11.7 Å². The molecule has 8 heteroatoms. The van der Waals surface area contributed by atoms with Crippen LogP contribution in [0.25, 0.3) is 22.5 Å². The summed E-state index contributed by atoms with van der Waals surface area (Å²) in [6, 6.07) is 9.27. The Kier molecular flexibility index (Phi) is 5.07. The van der Waals surface area contributed by atoms with Gasteiger partial charge in [-0.1, -0.05) is 0 Å². The average Bonchev–Trinajstić information content (AvgIpc) is 3.48. The summed E-state index contributed by atoms with van der Waals surface area (Å²) in [5, 5.41) is 2.80. The second kappa shape index (κ2) is 7.83. The van der Waals surface area contributed by atoms with Crippen molar-refractivity contribution in [2.24, 2.45) is 5.92 Å². The van der Waals surface area contributed by atoms with E-state index in [-0.39, 0.29) is 30.1 Å². The van der Waals surface area contributed by atoms with Gasteiger partial charge in [-0.2, -0.15) is 0 Å². The lowest BCUT2D eigenvalue weighted by Gasteiger charge is -2.07. The first-order chi connectivity index (χ1) is 14.0. The van der Waals surface area contributed by atoms with Gasteiger partial charge < -0.3 is 15.0 Å². The van der Waals surface area contributed by atoms with Crippen molar-refractivity contribution in [3.8, 4) is 22.5 Å². The first-order valence-electron chi connectivity index (χ1n) is 9.35. The molecule has 7 nitrogen and oxygen atoms in total. The molecule has 0 spiro atoms. The molecule has 2 aromatic heterocycles. The number of hydrogen-bond acceptors (Lipinski definition) is 5. The van der Waals surface area contributed by atoms with Crippen molar-refractivity contribution in [3.63, 3.8) is 0 Å². The Labute approximate surface area is 166 Å². The summed E-state index contributed by atoms with van der Waals surface area (Å²) >= 11 is 0. The second-order valence-electron chi connectivity index (χ2n) is 6.73. The van der Waals surface area contributed by atoms with Crippen LogP contribution in [0.15, 0.2) is 42.6 Å². The van der Waals surface area contributed by atoms with E-state index in [4.69, 9.17) is 4.74 Å². The van der Waals surface area contributed by atoms with Gasteiger partial charge in [0.25, 0.3) is 0 Å². The maximum atomic E-state index is 13.4. The summed E-state index contributed by atoms with van der Waals surface area (Å²) in [6.07, 6.45) is 3.34. The van der Waals surface area contributed by atoms with Gasteiger partial charge in [0.15, 0.2) is 0 Å². The van der Waals surface area contributed by atoms with Crippen LogP contribution < -0.4 is 5.32 Å². The molecule has 0 aliphatic heterocycles. The van der Waals surface area contributed by atoms with Crippen molar-refractivity contribution in [1.29, 1.82) is 0 Å². The molecule has 0 atom stereocenters. The molecule has 1 saturated carbocycles. The highest BCUT2D eigenvalue weighted by atomic mass is 19.1. The number of aromatic nitrogens is 3. The number of carbonyl (C=O) groups excluding carboxylic acids is 2. The number of ether oxygens (including phenoxy) is 1. The van der Waals surface area contributed by atoms with Crippen molar-refractivity contribution in [2.45, 2.75) is 19.8 Å². The monoisotopic (exact) mass is 394 g/mol. The summed E-state index contributed by atoms with van der Waals surface area (Å²) in [6.45, 7) is 1.92. The van der Waals surface area contributed by atoms with Crippen LogP contribution in [0.1, 0.15) is 30.4 Å². The molecule has 0 unspecified atom stereocenters. The number of imidazole rings is 1. The SMILES string of the molecule is CCOC(=O)c1nc(-c2ccnc(NC(=O)C3CC3)c2)c(-c2ccc(F)cc2)[nH]1. The van der Waals surface area contributed by atoms with Gasteiger partial charge in [-0.25, -0.2) is 19.2 Å². The third-order valence-corrected chi connectivity index (χ3v) is 4.54. The van der Waals surface area contributed by atoms with E-state index in [1.807, 2.05) is 0 Å². The summed E-state index contributed by atoms with van der Waals surface area (Å²) in [5.74, 6) is -0.502. The number of anilines is 1. The van der Waals surface area contributed by atoms with Crippen LogP contribution in [-0.4, -0.2) is 33.4 Å². The summed E-state index contributed by atoms with van der Waals surface area (Å²) in [5.41, 5.74) is 2.32. The van der Waals surface area contributed by atoms with Gasteiger partial charge in [0.2, 0.25) is 11.7 Å². The van der Waals surface area contributed by atoms with Crippen molar-refractivity contribution in [3.05, 3.63) is 54.2 Å². The minimum atomic E-state index is -0.585. The average molecular weight is 394 g/mol. The number of halogens is 1. The summed E-state index contributed by atoms with van der Waals surface area (Å²) in [7, 11) is 0. The second-order valence-corrected chi connectivity index (χ2v) is 6.73. The molecule has 0 radical (unpaired) electrons. The van der Waals surface area contributed by atoms with Gasteiger partial charge >= 0.3 is 5.97 Å². The van der Waals surface area contributed by atoms with Crippen molar-refractivity contribution >= 4 is 17.7 Å². The maximum absolute atomic E-state index is 13.4. The van der Waals surface area contributed by atoms with Gasteiger partial charge in [0.1, 0.15) is 11.6 Å². The smallest absolute Gasteiger partial charge is 0.374 e. The van der Waals surface area contributed by atoms with Gasteiger partial charge in [0, 0.05) is 23.2 Å². The predicted molar refractivity (Wildman–Crippen MR) is 105 cm³/mol. The Morgan fingerprint density at radius 1 is 1.21 bits per heavy atom. The van der Waals surface area contributed by atoms with E-state index in [1.165, 1.54) is 12.1 Å². The predicted octanol–water partition coefficient (Wildman–Crippen LogP) is 3.80. The number of carbonyl (C=O) groups is 2. The van der Waals surface area contributed by atoms with Crippen LogP contribution in [0.2, 0.25) is 0 Å². The minimum Gasteiger partial charge on any atom is -0.460 e. The van der Waals surface area contributed by atoms with Crippen molar-refractivity contribution in [1.82, 2.24) is 15.0 Å². The lowest BCUT2D eigenvalue weighted by molar-refractivity contribution is -0.117. The minimum absolute atomic E-state index is 0.0431. The van der Waals surface area contributed by atoms with E-state index in [1.54, 1.807) is 37.4 Å². The Bertz CT molecular complexity index is 1060. The molecule has 1 aliphatic rings. The van der Waals surface area contributed by atoms with E-state index in [2.05, 4.69) is 20.3 Å². The number of rotatable bonds is 6. The van der Waals surface area contributed by atoms with Crippen LogP contribution in [0.5, 0.6) is 0 Å². The lowest BCUT2D eigenvalue weighted by atomic mass is 10.1. The first kappa shape index (κ1) is 18.8. The van der Waals surface area contributed by atoms with Crippen molar-refractivity contribution in [2.75, 3.05) is 11.9 Å².